The lowest BCUT2D eigenvalue weighted by Gasteiger charge is -2.32. The second kappa shape index (κ2) is 8.05. The fraction of sp³-hybridized carbons (Fsp3) is 0.300. The summed E-state index contributed by atoms with van der Waals surface area (Å²) < 4.78 is 41.4. The first kappa shape index (κ1) is 20.5. The van der Waals surface area contributed by atoms with E-state index in [9.17, 15) is 23.1 Å². The summed E-state index contributed by atoms with van der Waals surface area (Å²) >= 11 is 3.26. The lowest BCUT2D eigenvalue weighted by atomic mass is 10.0. The first-order chi connectivity index (χ1) is 13.2. The van der Waals surface area contributed by atoms with Crippen LogP contribution in [0.5, 0.6) is 0 Å². The zero-order valence-electron chi connectivity index (χ0n) is 14.8. The van der Waals surface area contributed by atoms with E-state index < -0.39 is 24.2 Å². The standard InChI is InChI=1S/C20H18BrF3N2O2/c21-16-10-5-9-15(12-16)17-13-19(28,20(22,23)24)26(25-17)18(27)11-4-8-14-6-2-1-3-7-14/h1-3,5-7,9-10,12,28H,4,8,11,13H2/t19-/m0/s1. The van der Waals surface area contributed by atoms with Crippen LogP contribution in [0.15, 0.2) is 64.2 Å². The van der Waals surface area contributed by atoms with Gasteiger partial charge in [-0.15, -0.1) is 0 Å². The minimum absolute atomic E-state index is 0.0116. The quantitative estimate of drug-likeness (QED) is 0.714. The fourth-order valence-electron chi connectivity index (χ4n) is 3.05. The Labute approximate surface area is 168 Å². The zero-order valence-corrected chi connectivity index (χ0v) is 16.4. The molecular formula is C20H18BrF3N2O2. The molecule has 2 aromatic carbocycles. The number of alkyl halides is 3. The number of rotatable bonds is 5. The Kier molecular flexibility index (Phi) is 5.90. The third-order valence-corrected chi connectivity index (χ3v) is 5.03. The van der Waals surface area contributed by atoms with E-state index in [1.807, 2.05) is 30.3 Å². The molecule has 0 radical (unpaired) electrons. The van der Waals surface area contributed by atoms with Gasteiger partial charge in [0.25, 0.3) is 5.72 Å². The molecule has 0 aliphatic carbocycles. The van der Waals surface area contributed by atoms with Crippen molar-refractivity contribution < 1.29 is 23.1 Å². The highest BCUT2D eigenvalue weighted by Crippen LogP contribution is 2.41. The van der Waals surface area contributed by atoms with Gasteiger partial charge < -0.3 is 5.11 Å². The number of benzene rings is 2. The van der Waals surface area contributed by atoms with Crippen LogP contribution in [-0.4, -0.2) is 33.6 Å². The molecule has 3 rings (SSSR count). The fourth-order valence-corrected chi connectivity index (χ4v) is 3.45. The number of aliphatic hydroxyl groups is 1. The Morgan fingerprint density at radius 1 is 1.18 bits per heavy atom. The molecule has 0 saturated carbocycles. The number of halogens is 4. The van der Waals surface area contributed by atoms with Crippen molar-refractivity contribution in [3.8, 4) is 0 Å². The van der Waals surface area contributed by atoms with Crippen LogP contribution in [0, 0.1) is 0 Å². The monoisotopic (exact) mass is 454 g/mol. The summed E-state index contributed by atoms with van der Waals surface area (Å²) in [4.78, 5) is 12.5. The average Bonchev–Trinajstić information content (AvgIpc) is 3.02. The van der Waals surface area contributed by atoms with Crippen LogP contribution in [0.25, 0.3) is 0 Å². The number of nitrogens with zero attached hydrogens (tertiary/aromatic N) is 2. The molecule has 28 heavy (non-hydrogen) atoms. The van der Waals surface area contributed by atoms with Crippen LogP contribution in [0.3, 0.4) is 0 Å². The van der Waals surface area contributed by atoms with Crippen molar-refractivity contribution in [3.63, 3.8) is 0 Å². The lowest BCUT2D eigenvalue weighted by molar-refractivity contribution is -0.302. The smallest absolute Gasteiger partial charge is 0.362 e. The highest BCUT2D eigenvalue weighted by molar-refractivity contribution is 9.10. The van der Waals surface area contributed by atoms with Crippen molar-refractivity contribution in [3.05, 3.63) is 70.2 Å². The topological polar surface area (TPSA) is 52.9 Å². The molecule has 1 N–H and O–H groups in total. The van der Waals surface area contributed by atoms with Gasteiger partial charge >= 0.3 is 6.18 Å². The Balaban J connectivity index is 1.79. The summed E-state index contributed by atoms with van der Waals surface area (Å²) in [5.41, 5.74) is -1.93. The first-order valence-corrected chi connectivity index (χ1v) is 9.49. The average molecular weight is 455 g/mol. The van der Waals surface area contributed by atoms with Gasteiger partial charge in [0.05, 0.1) is 12.1 Å². The van der Waals surface area contributed by atoms with Gasteiger partial charge in [-0.1, -0.05) is 58.4 Å². The number of amides is 1. The minimum atomic E-state index is -5.03. The Hall–Kier alpha value is -2.19. The molecule has 0 spiro atoms. The van der Waals surface area contributed by atoms with Gasteiger partial charge in [-0.2, -0.15) is 23.3 Å². The summed E-state index contributed by atoms with van der Waals surface area (Å²) in [6.45, 7) is 0. The Morgan fingerprint density at radius 3 is 2.54 bits per heavy atom. The maximum atomic E-state index is 13.6. The van der Waals surface area contributed by atoms with Crippen molar-refractivity contribution in [2.24, 2.45) is 5.10 Å². The van der Waals surface area contributed by atoms with Crippen LogP contribution in [-0.2, 0) is 11.2 Å². The summed E-state index contributed by atoms with van der Waals surface area (Å²) in [7, 11) is 0. The molecule has 1 aliphatic rings. The van der Waals surface area contributed by atoms with Crippen molar-refractivity contribution in [2.45, 2.75) is 37.6 Å². The van der Waals surface area contributed by atoms with Gasteiger partial charge in [0.15, 0.2) is 0 Å². The van der Waals surface area contributed by atoms with Gasteiger partial charge in [0.1, 0.15) is 0 Å². The van der Waals surface area contributed by atoms with Gasteiger partial charge in [-0.05, 0) is 36.1 Å². The van der Waals surface area contributed by atoms with Gasteiger partial charge in [0, 0.05) is 10.9 Å². The molecule has 1 heterocycles. The largest absolute Gasteiger partial charge is 0.438 e. The predicted octanol–water partition coefficient (Wildman–Crippen LogP) is 4.66. The minimum Gasteiger partial charge on any atom is -0.362 e. The molecular weight excluding hydrogens is 437 g/mol. The van der Waals surface area contributed by atoms with E-state index in [4.69, 9.17) is 0 Å². The van der Waals surface area contributed by atoms with Crippen LogP contribution in [0.2, 0.25) is 0 Å². The van der Waals surface area contributed by atoms with Gasteiger partial charge in [-0.25, -0.2) is 0 Å². The number of hydrogen-bond donors (Lipinski definition) is 1. The molecule has 0 saturated heterocycles. The molecule has 2 aromatic rings. The van der Waals surface area contributed by atoms with E-state index in [0.717, 1.165) is 5.56 Å². The second-order valence-electron chi connectivity index (χ2n) is 6.59. The third kappa shape index (κ3) is 4.28. The van der Waals surface area contributed by atoms with Crippen LogP contribution in [0.4, 0.5) is 13.2 Å². The van der Waals surface area contributed by atoms with E-state index >= 15 is 0 Å². The normalized spacial score (nSPS) is 19.6. The predicted molar refractivity (Wildman–Crippen MR) is 103 cm³/mol. The van der Waals surface area contributed by atoms with Crippen molar-refractivity contribution in [2.75, 3.05) is 0 Å². The summed E-state index contributed by atoms with van der Waals surface area (Å²) in [6.07, 6.45) is -5.08. The summed E-state index contributed by atoms with van der Waals surface area (Å²) in [5.74, 6) is -0.860. The molecule has 4 nitrogen and oxygen atoms in total. The maximum Gasteiger partial charge on any atom is 0.438 e. The second-order valence-corrected chi connectivity index (χ2v) is 7.51. The number of aryl methyl sites for hydroxylation is 1. The molecule has 0 aromatic heterocycles. The molecule has 0 unspecified atom stereocenters. The Bertz CT molecular complexity index is 887. The maximum absolute atomic E-state index is 13.6. The SMILES string of the molecule is O=C(CCCc1ccccc1)N1N=C(c2cccc(Br)c2)C[C@]1(O)C(F)(F)F. The highest BCUT2D eigenvalue weighted by atomic mass is 79.9. The molecule has 0 fully saturated rings. The first-order valence-electron chi connectivity index (χ1n) is 8.70. The van der Waals surface area contributed by atoms with E-state index in [1.165, 1.54) is 0 Å². The van der Waals surface area contributed by atoms with Gasteiger partial charge in [-0.3, -0.25) is 4.79 Å². The number of carbonyl (C=O) groups excluding carboxylic acids is 1. The van der Waals surface area contributed by atoms with E-state index in [1.54, 1.807) is 24.3 Å². The van der Waals surface area contributed by atoms with Crippen LogP contribution >= 0.6 is 15.9 Å². The van der Waals surface area contributed by atoms with Gasteiger partial charge in [0.2, 0.25) is 5.91 Å². The number of hydrogen-bond acceptors (Lipinski definition) is 3. The van der Waals surface area contributed by atoms with E-state index in [2.05, 4.69) is 21.0 Å². The number of hydrazone groups is 1. The molecule has 1 aliphatic heterocycles. The third-order valence-electron chi connectivity index (χ3n) is 4.53. The van der Waals surface area contributed by atoms with Crippen molar-refractivity contribution >= 4 is 27.5 Å². The van der Waals surface area contributed by atoms with E-state index in [0.29, 0.717) is 22.9 Å². The zero-order chi connectivity index (χ0) is 20.4. The van der Waals surface area contributed by atoms with Crippen molar-refractivity contribution in [1.29, 1.82) is 0 Å². The molecule has 148 valence electrons. The lowest BCUT2D eigenvalue weighted by Crippen LogP contribution is -2.56. The van der Waals surface area contributed by atoms with E-state index in [-0.39, 0.29) is 17.1 Å². The molecule has 1 atom stereocenters. The van der Waals surface area contributed by atoms with Crippen LogP contribution < -0.4 is 0 Å². The van der Waals surface area contributed by atoms with Crippen molar-refractivity contribution in [1.82, 2.24) is 5.01 Å². The molecule has 1 amide bonds. The highest BCUT2D eigenvalue weighted by Gasteiger charge is 2.63. The number of carbonyl (C=O) groups is 1. The molecule has 8 heteroatoms. The molecule has 0 bridgehead atoms. The summed E-state index contributed by atoms with van der Waals surface area (Å²) in [6, 6.07) is 15.9. The summed E-state index contributed by atoms with van der Waals surface area (Å²) in [5, 5.41) is 14.4. The van der Waals surface area contributed by atoms with Crippen LogP contribution in [0.1, 0.15) is 30.4 Å². The Morgan fingerprint density at radius 2 is 1.89 bits per heavy atom.